The van der Waals surface area contributed by atoms with Crippen LogP contribution in [0.5, 0.6) is 0 Å². The summed E-state index contributed by atoms with van der Waals surface area (Å²) in [5.74, 6) is -0.335. The van der Waals surface area contributed by atoms with E-state index in [1.165, 1.54) is 12.1 Å². The van der Waals surface area contributed by atoms with Gasteiger partial charge in [0.25, 0.3) is 5.91 Å². The molecule has 128 valence electrons. The molecular formula is C17H17Cl2NO3S. The monoisotopic (exact) mass is 385 g/mol. The molecule has 0 aromatic heterocycles. The summed E-state index contributed by atoms with van der Waals surface area (Å²) in [6, 6.07) is 13.6. The summed E-state index contributed by atoms with van der Waals surface area (Å²) in [6.45, 7) is 0.256. The Morgan fingerprint density at radius 3 is 2.42 bits per heavy atom. The summed E-state index contributed by atoms with van der Waals surface area (Å²) in [7, 11) is -3.21. The molecule has 0 aliphatic carbocycles. The predicted molar refractivity (Wildman–Crippen MR) is 97.3 cm³/mol. The number of amides is 1. The molecule has 0 heterocycles. The minimum atomic E-state index is -3.21. The number of rotatable bonds is 7. The molecule has 2 aromatic carbocycles. The first kappa shape index (κ1) is 18.8. The molecule has 0 atom stereocenters. The van der Waals surface area contributed by atoms with Crippen molar-refractivity contribution in [3.05, 3.63) is 69.7 Å². The first-order valence-corrected chi connectivity index (χ1v) is 9.93. The highest BCUT2D eigenvalue weighted by molar-refractivity contribution is 7.90. The Hall–Kier alpha value is -1.56. The van der Waals surface area contributed by atoms with E-state index in [1.54, 1.807) is 30.3 Å². The summed E-state index contributed by atoms with van der Waals surface area (Å²) in [5, 5.41) is 3.37. The van der Waals surface area contributed by atoms with Crippen molar-refractivity contribution in [2.45, 2.75) is 12.2 Å². The number of benzene rings is 2. The molecule has 2 rings (SSSR count). The van der Waals surface area contributed by atoms with E-state index < -0.39 is 9.84 Å². The zero-order valence-corrected chi connectivity index (χ0v) is 15.2. The van der Waals surface area contributed by atoms with E-state index in [1.807, 2.05) is 6.07 Å². The Morgan fingerprint density at radius 2 is 1.75 bits per heavy atom. The molecule has 24 heavy (non-hydrogen) atoms. The van der Waals surface area contributed by atoms with Crippen LogP contribution in [-0.2, 0) is 15.6 Å². The second kappa shape index (κ2) is 8.51. The van der Waals surface area contributed by atoms with Crippen LogP contribution in [0.15, 0.2) is 48.5 Å². The van der Waals surface area contributed by atoms with Gasteiger partial charge in [-0.25, -0.2) is 8.42 Å². The lowest BCUT2D eigenvalue weighted by atomic mass is 10.2. The fraction of sp³-hybridized carbons (Fsp3) is 0.235. The van der Waals surface area contributed by atoms with Crippen LogP contribution in [0.1, 0.15) is 22.3 Å². The number of sulfone groups is 1. The van der Waals surface area contributed by atoms with Crippen LogP contribution in [0, 0.1) is 0 Å². The Labute approximate surface area is 151 Å². The number of halogens is 2. The number of hydrogen-bond donors (Lipinski definition) is 1. The van der Waals surface area contributed by atoms with Gasteiger partial charge in [-0.3, -0.25) is 4.79 Å². The fourth-order valence-corrected chi connectivity index (χ4v) is 4.09. The van der Waals surface area contributed by atoms with Crippen molar-refractivity contribution in [1.82, 2.24) is 5.32 Å². The van der Waals surface area contributed by atoms with Gasteiger partial charge in [-0.1, -0.05) is 53.5 Å². The van der Waals surface area contributed by atoms with Crippen LogP contribution in [0.3, 0.4) is 0 Å². The van der Waals surface area contributed by atoms with Gasteiger partial charge < -0.3 is 5.32 Å². The Morgan fingerprint density at radius 1 is 1.04 bits per heavy atom. The van der Waals surface area contributed by atoms with Gasteiger partial charge in [0.15, 0.2) is 9.84 Å². The summed E-state index contributed by atoms with van der Waals surface area (Å²) in [6.07, 6.45) is 0.339. The van der Waals surface area contributed by atoms with Gasteiger partial charge in [-0.05, 0) is 30.2 Å². The van der Waals surface area contributed by atoms with Gasteiger partial charge in [0.1, 0.15) is 0 Å². The van der Waals surface area contributed by atoms with Crippen molar-refractivity contribution in [2.75, 3.05) is 12.3 Å². The summed E-state index contributed by atoms with van der Waals surface area (Å²) >= 11 is 11.7. The van der Waals surface area contributed by atoms with E-state index in [-0.39, 0.29) is 29.0 Å². The van der Waals surface area contributed by atoms with E-state index in [4.69, 9.17) is 23.2 Å². The molecule has 0 saturated carbocycles. The third-order valence-corrected chi connectivity index (χ3v) is 5.55. The standard InChI is InChI=1S/C17H17Cl2NO3S/c18-14-7-8-15(16(19)11-14)17(21)20-9-4-10-24(22,23)12-13-5-2-1-3-6-13/h1-3,5-8,11H,4,9-10,12H2,(H,20,21). The minimum absolute atomic E-state index is 0.00476. The SMILES string of the molecule is O=C(NCCCS(=O)(=O)Cc1ccccc1)c1ccc(Cl)cc1Cl. The molecule has 0 unspecified atom stereocenters. The molecule has 0 bridgehead atoms. The lowest BCUT2D eigenvalue weighted by Gasteiger charge is -2.08. The largest absolute Gasteiger partial charge is 0.352 e. The number of nitrogens with one attached hydrogen (secondary N) is 1. The Bertz CT molecular complexity index is 808. The minimum Gasteiger partial charge on any atom is -0.352 e. The van der Waals surface area contributed by atoms with Crippen LogP contribution in [0.4, 0.5) is 0 Å². The van der Waals surface area contributed by atoms with Crippen molar-refractivity contribution in [3.63, 3.8) is 0 Å². The van der Waals surface area contributed by atoms with Gasteiger partial charge in [-0.15, -0.1) is 0 Å². The molecule has 4 nitrogen and oxygen atoms in total. The third kappa shape index (κ3) is 5.82. The average molecular weight is 386 g/mol. The van der Waals surface area contributed by atoms with E-state index in [0.717, 1.165) is 5.56 Å². The lowest BCUT2D eigenvalue weighted by Crippen LogP contribution is -2.26. The average Bonchev–Trinajstić information content (AvgIpc) is 2.52. The van der Waals surface area contributed by atoms with Crippen LogP contribution >= 0.6 is 23.2 Å². The molecule has 7 heteroatoms. The maximum Gasteiger partial charge on any atom is 0.252 e. The van der Waals surface area contributed by atoms with Crippen molar-refractivity contribution in [2.24, 2.45) is 0 Å². The number of carbonyl (C=O) groups excluding carboxylic acids is 1. The highest BCUT2D eigenvalue weighted by Gasteiger charge is 2.13. The zero-order valence-electron chi connectivity index (χ0n) is 12.8. The van der Waals surface area contributed by atoms with Crippen molar-refractivity contribution in [1.29, 1.82) is 0 Å². The first-order chi connectivity index (χ1) is 11.4. The molecular weight excluding hydrogens is 369 g/mol. The van der Waals surface area contributed by atoms with Gasteiger partial charge in [0.2, 0.25) is 0 Å². The smallest absolute Gasteiger partial charge is 0.252 e. The highest BCUT2D eigenvalue weighted by atomic mass is 35.5. The van der Waals surface area contributed by atoms with Crippen LogP contribution in [-0.4, -0.2) is 26.6 Å². The second-order valence-electron chi connectivity index (χ2n) is 5.31. The number of carbonyl (C=O) groups is 1. The van der Waals surface area contributed by atoms with E-state index in [9.17, 15) is 13.2 Å². The molecule has 1 amide bonds. The van der Waals surface area contributed by atoms with Gasteiger partial charge in [0, 0.05) is 11.6 Å². The molecule has 0 fully saturated rings. The lowest BCUT2D eigenvalue weighted by molar-refractivity contribution is 0.0954. The molecule has 0 spiro atoms. The molecule has 0 radical (unpaired) electrons. The van der Waals surface area contributed by atoms with E-state index >= 15 is 0 Å². The van der Waals surface area contributed by atoms with Gasteiger partial charge in [0.05, 0.1) is 22.1 Å². The van der Waals surface area contributed by atoms with Gasteiger partial charge in [-0.2, -0.15) is 0 Å². The highest BCUT2D eigenvalue weighted by Crippen LogP contribution is 2.20. The summed E-state index contributed by atoms with van der Waals surface area (Å²) in [4.78, 5) is 12.0. The predicted octanol–water partition coefficient (Wildman–Crippen LogP) is 3.73. The molecule has 0 saturated heterocycles. The fourth-order valence-electron chi connectivity index (χ4n) is 2.16. The third-order valence-electron chi connectivity index (χ3n) is 3.32. The number of hydrogen-bond acceptors (Lipinski definition) is 3. The molecule has 2 aromatic rings. The maximum absolute atomic E-state index is 12.1. The van der Waals surface area contributed by atoms with Crippen molar-refractivity contribution in [3.8, 4) is 0 Å². The summed E-state index contributed by atoms with van der Waals surface area (Å²) in [5.41, 5.74) is 1.07. The van der Waals surface area contributed by atoms with Crippen LogP contribution < -0.4 is 5.32 Å². The van der Waals surface area contributed by atoms with E-state index in [2.05, 4.69) is 5.32 Å². The first-order valence-electron chi connectivity index (χ1n) is 7.35. The zero-order chi connectivity index (χ0) is 17.6. The molecule has 0 aliphatic heterocycles. The molecule has 1 N–H and O–H groups in total. The van der Waals surface area contributed by atoms with Crippen molar-refractivity contribution >= 4 is 38.9 Å². The van der Waals surface area contributed by atoms with Crippen LogP contribution in [0.25, 0.3) is 0 Å². The van der Waals surface area contributed by atoms with Crippen molar-refractivity contribution < 1.29 is 13.2 Å². The second-order valence-corrected chi connectivity index (χ2v) is 8.34. The quantitative estimate of drug-likeness (QED) is 0.738. The Balaban J connectivity index is 1.80. The molecule has 0 aliphatic rings. The Kier molecular flexibility index (Phi) is 6.66. The van der Waals surface area contributed by atoms with E-state index in [0.29, 0.717) is 17.0 Å². The summed E-state index contributed by atoms with van der Waals surface area (Å²) < 4.78 is 24.1. The normalized spacial score (nSPS) is 11.2. The topological polar surface area (TPSA) is 63.2 Å². The van der Waals surface area contributed by atoms with Gasteiger partial charge >= 0.3 is 0 Å². The maximum atomic E-state index is 12.1. The van der Waals surface area contributed by atoms with Crippen LogP contribution in [0.2, 0.25) is 10.0 Å².